The third kappa shape index (κ3) is 2.99. The summed E-state index contributed by atoms with van der Waals surface area (Å²) < 4.78 is 0. The third-order valence-electron chi connectivity index (χ3n) is 9.10. The van der Waals surface area contributed by atoms with E-state index in [1.54, 1.807) is 0 Å². The zero-order valence-corrected chi connectivity index (χ0v) is 17.4. The Morgan fingerprint density at radius 1 is 0.500 bits per heavy atom. The van der Waals surface area contributed by atoms with Crippen molar-refractivity contribution in [1.82, 2.24) is 0 Å². The molecule has 0 radical (unpaired) electrons. The van der Waals surface area contributed by atoms with Gasteiger partial charge >= 0.3 is 0 Å². The van der Waals surface area contributed by atoms with Gasteiger partial charge in [0.05, 0.1) is 0 Å². The van der Waals surface area contributed by atoms with Gasteiger partial charge in [-0.3, -0.25) is 0 Å². The molecule has 0 unspecified atom stereocenters. The monoisotopic (exact) mass is 334 g/mol. The van der Waals surface area contributed by atoms with Crippen molar-refractivity contribution in [3.05, 3.63) is 0 Å². The Morgan fingerprint density at radius 2 is 0.833 bits per heavy atom. The zero-order chi connectivity index (χ0) is 17.4. The Kier molecular flexibility index (Phi) is 4.65. The molecule has 6 saturated carbocycles. The zero-order valence-electron chi connectivity index (χ0n) is 17.4. The SMILES string of the molecule is C.CC12CC(C(C)(C)C)(C1)C2.CC12CCC(C(C)(C)C)(CC1)CC2. The van der Waals surface area contributed by atoms with Crippen molar-refractivity contribution in [3.8, 4) is 0 Å². The molecule has 6 rings (SSSR count). The van der Waals surface area contributed by atoms with Gasteiger partial charge in [-0.25, -0.2) is 0 Å². The number of hydrogen-bond donors (Lipinski definition) is 0. The normalized spacial score (nSPS) is 46.0. The molecule has 4 bridgehead atoms. The highest BCUT2D eigenvalue weighted by molar-refractivity contribution is 5.18. The molecular weight excluding hydrogens is 288 g/mol. The third-order valence-corrected chi connectivity index (χ3v) is 9.10. The second-order valence-corrected chi connectivity index (χ2v) is 12.7. The predicted molar refractivity (Wildman–Crippen MR) is 108 cm³/mol. The van der Waals surface area contributed by atoms with Crippen molar-refractivity contribution in [3.63, 3.8) is 0 Å². The van der Waals surface area contributed by atoms with Gasteiger partial charge in [-0.1, -0.05) is 62.8 Å². The van der Waals surface area contributed by atoms with Gasteiger partial charge in [0.2, 0.25) is 0 Å². The Morgan fingerprint density at radius 3 is 1.04 bits per heavy atom. The Bertz CT molecular complexity index is 423. The van der Waals surface area contributed by atoms with Crippen LogP contribution in [0.2, 0.25) is 0 Å². The van der Waals surface area contributed by atoms with Gasteiger partial charge in [-0.15, -0.1) is 0 Å². The van der Waals surface area contributed by atoms with Gasteiger partial charge < -0.3 is 0 Å². The van der Waals surface area contributed by atoms with Crippen molar-refractivity contribution in [2.24, 2.45) is 32.5 Å². The quantitative estimate of drug-likeness (QED) is 0.418. The van der Waals surface area contributed by atoms with E-state index < -0.39 is 0 Å². The maximum absolute atomic E-state index is 2.50. The molecule has 0 aromatic heterocycles. The lowest BCUT2D eigenvalue weighted by Gasteiger charge is -2.75. The van der Waals surface area contributed by atoms with E-state index in [4.69, 9.17) is 0 Å². The molecule has 0 amide bonds. The van der Waals surface area contributed by atoms with Crippen molar-refractivity contribution in [2.45, 2.75) is 121 Å². The van der Waals surface area contributed by atoms with Crippen molar-refractivity contribution in [1.29, 1.82) is 0 Å². The van der Waals surface area contributed by atoms with E-state index in [0.717, 1.165) is 16.2 Å². The first-order valence-corrected chi connectivity index (χ1v) is 10.2. The molecule has 6 aliphatic rings. The van der Waals surface area contributed by atoms with E-state index >= 15 is 0 Å². The smallest absolute Gasteiger partial charge is 0.0233 e. The maximum Gasteiger partial charge on any atom is -0.0233 e. The van der Waals surface area contributed by atoms with Gasteiger partial charge in [0.1, 0.15) is 0 Å². The van der Waals surface area contributed by atoms with Crippen LogP contribution in [0.5, 0.6) is 0 Å². The number of hydrogen-bond acceptors (Lipinski definition) is 0. The summed E-state index contributed by atoms with van der Waals surface area (Å²) in [4.78, 5) is 0. The van der Waals surface area contributed by atoms with Crippen LogP contribution in [0.25, 0.3) is 0 Å². The summed E-state index contributed by atoms with van der Waals surface area (Å²) in [5, 5.41) is 0. The van der Waals surface area contributed by atoms with Crippen LogP contribution in [-0.2, 0) is 0 Å². The molecule has 142 valence electrons. The minimum absolute atomic E-state index is 0. The molecule has 0 aromatic carbocycles. The molecule has 0 spiro atoms. The highest BCUT2D eigenvalue weighted by Gasteiger charge is 2.68. The molecule has 0 aliphatic heterocycles. The first-order valence-electron chi connectivity index (χ1n) is 10.2. The standard InChI is InChI=1S/C13H24.C10H18.CH4/c1-11(2,3)13-8-5-12(4,6-9-13)7-10-13;1-8(2,3)10-5-9(4,6-10)7-10;/h5-10H2,1-4H3;5-7H2,1-4H3;1H4. The molecule has 0 nitrogen and oxygen atoms in total. The molecule has 0 saturated heterocycles. The summed E-state index contributed by atoms with van der Waals surface area (Å²) in [5.74, 6) is 0. The van der Waals surface area contributed by atoms with Crippen molar-refractivity contribution >= 4 is 0 Å². The van der Waals surface area contributed by atoms with Gasteiger partial charge in [0.25, 0.3) is 0 Å². The summed E-state index contributed by atoms with van der Waals surface area (Å²) in [6, 6.07) is 0. The lowest BCUT2D eigenvalue weighted by atomic mass is 9.30. The molecule has 0 aromatic rings. The van der Waals surface area contributed by atoms with E-state index in [0.29, 0.717) is 16.2 Å². The summed E-state index contributed by atoms with van der Waals surface area (Å²) in [6.07, 6.45) is 13.5. The number of rotatable bonds is 0. The van der Waals surface area contributed by atoms with Crippen molar-refractivity contribution < 1.29 is 0 Å². The Labute approximate surface area is 153 Å². The van der Waals surface area contributed by atoms with Crippen LogP contribution < -0.4 is 0 Å². The minimum atomic E-state index is 0. The summed E-state index contributed by atoms with van der Waals surface area (Å²) in [7, 11) is 0. The fourth-order valence-corrected chi connectivity index (χ4v) is 6.59. The molecule has 6 aliphatic carbocycles. The van der Waals surface area contributed by atoms with Crippen LogP contribution in [0, 0.1) is 32.5 Å². The molecule has 0 heteroatoms. The largest absolute Gasteiger partial charge is 0.0776 e. The summed E-state index contributed by atoms with van der Waals surface area (Å²) in [6.45, 7) is 19.4. The van der Waals surface area contributed by atoms with Crippen LogP contribution in [0.4, 0.5) is 0 Å². The average Bonchev–Trinajstić information content (AvgIpc) is 2.33. The Hall–Kier alpha value is 0. The van der Waals surface area contributed by atoms with Crippen molar-refractivity contribution in [2.75, 3.05) is 0 Å². The van der Waals surface area contributed by atoms with Gasteiger partial charge in [-0.05, 0) is 90.3 Å². The molecule has 0 heterocycles. The van der Waals surface area contributed by atoms with E-state index in [1.165, 1.54) is 57.8 Å². The van der Waals surface area contributed by atoms with Crippen LogP contribution >= 0.6 is 0 Å². The Balaban J connectivity index is 0.000000172. The highest BCUT2D eigenvalue weighted by atomic mass is 14.7. The van der Waals surface area contributed by atoms with Crippen LogP contribution in [0.1, 0.15) is 121 Å². The van der Waals surface area contributed by atoms with E-state index in [2.05, 4.69) is 55.4 Å². The second-order valence-electron chi connectivity index (χ2n) is 12.7. The van der Waals surface area contributed by atoms with Crippen LogP contribution in [-0.4, -0.2) is 0 Å². The predicted octanol–water partition coefficient (Wildman–Crippen LogP) is 8.25. The average molecular weight is 335 g/mol. The number of fused-ring (bicyclic) bond motifs is 3. The molecule has 24 heavy (non-hydrogen) atoms. The molecule has 6 fully saturated rings. The fraction of sp³-hybridized carbons (Fsp3) is 1.00. The van der Waals surface area contributed by atoms with E-state index in [9.17, 15) is 0 Å². The lowest BCUT2D eigenvalue weighted by Crippen LogP contribution is -2.65. The van der Waals surface area contributed by atoms with Gasteiger partial charge in [0.15, 0.2) is 0 Å². The fourth-order valence-electron chi connectivity index (χ4n) is 6.59. The second kappa shape index (κ2) is 5.50. The molecular formula is C24H46. The van der Waals surface area contributed by atoms with Gasteiger partial charge in [0, 0.05) is 0 Å². The van der Waals surface area contributed by atoms with Crippen LogP contribution in [0.15, 0.2) is 0 Å². The highest BCUT2D eigenvalue weighted by Crippen LogP contribution is 2.78. The van der Waals surface area contributed by atoms with Gasteiger partial charge in [-0.2, -0.15) is 0 Å². The lowest BCUT2D eigenvalue weighted by molar-refractivity contribution is -0.248. The molecule has 0 atom stereocenters. The first kappa shape index (κ1) is 20.3. The maximum atomic E-state index is 2.50. The van der Waals surface area contributed by atoms with Crippen LogP contribution in [0.3, 0.4) is 0 Å². The summed E-state index contributed by atoms with van der Waals surface area (Å²) in [5.41, 5.74) is 4.09. The first-order chi connectivity index (χ1) is 10.2. The van der Waals surface area contributed by atoms with E-state index in [1.807, 2.05) is 0 Å². The van der Waals surface area contributed by atoms with E-state index in [-0.39, 0.29) is 7.43 Å². The summed E-state index contributed by atoms with van der Waals surface area (Å²) >= 11 is 0. The minimum Gasteiger partial charge on any atom is -0.0776 e. The molecule has 0 N–H and O–H groups in total. The topological polar surface area (TPSA) is 0 Å².